The molecule has 2 rings (SSSR count). The Bertz CT molecular complexity index is 357. The van der Waals surface area contributed by atoms with Crippen LogP contribution in [0.3, 0.4) is 0 Å². The number of nitrogens with one attached hydrogen (secondary N) is 2. The second-order valence-corrected chi connectivity index (χ2v) is 7.01. The zero-order chi connectivity index (χ0) is 17.6. The Morgan fingerprint density at radius 2 is 1.96 bits per heavy atom. The largest absolute Gasteiger partial charge is 0.379 e. The number of guanidine groups is 1. The Labute approximate surface area is 176 Å². The molecule has 0 amide bonds. The van der Waals surface area contributed by atoms with E-state index in [-0.39, 0.29) is 24.0 Å². The van der Waals surface area contributed by atoms with Gasteiger partial charge in [-0.05, 0) is 58.7 Å². The average Bonchev–Trinajstić information content (AvgIpc) is 3.00. The van der Waals surface area contributed by atoms with E-state index in [1.807, 2.05) is 0 Å². The predicted octanol–water partition coefficient (Wildman–Crippen LogP) is 2.62. The van der Waals surface area contributed by atoms with Crippen molar-refractivity contribution in [2.45, 2.75) is 58.0 Å². The maximum Gasteiger partial charge on any atom is 0.191 e. The van der Waals surface area contributed by atoms with Crippen LogP contribution in [-0.2, 0) is 9.47 Å². The molecule has 0 aromatic heterocycles. The molecule has 26 heavy (non-hydrogen) atoms. The van der Waals surface area contributed by atoms with E-state index in [0.29, 0.717) is 6.10 Å². The Hall–Kier alpha value is -0.120. The fourth-order valence-electron chi connectivity index (χ4n) is 3.36. The summed E-state index contributed by atoms with van der Waals surface area (Å²) in [6.45, 7) is 10.9. The Balaban J connectivity index is 0.00000338. The maximum atomic E-state index is 5.78. The third kappa shape index (κ3) is 10.9. The molecule has 154 valence electrons. The first kappa shape index (κ1) is 23.9. The third-order valence-corrected chi connectivity index (χ3v) is 4.80. The molecule has 6 nitrogen and oxygen atoms in total. The van der Waals surface area contributed by atoms with Crippen LogP contribution in [0.2, 0.25) is 0 Å². The number of aliphatic imine (C=N–C) groups is 1. The van der Waals surface area contributed by atoms with Gasteiger partial charge >= 0.3 is 0 Å². The molecular formula is C19H39IN4O2. The van der Waals surface area contributed by atoms with Gasteiger partial charge in [-0.25, -0.2) is 0 Å². The molecule has 2 saturated heterocycles. The average molecular weight is 482 g/mol. The van der Waals surface area contributed by atoms with Crippen molar-refractivity contribution in [1.29, 1.82) is 0 Å². The van der Waals surface area contributed by atoms with Gasteiger partial charge in [-0.3, -0.25) is 4.99 Å². The van der Waals surface area contributed by atoms with Gasteiger partial charge in [0, 0.05) is 32.8 Å². The highest BCUT2D eigenvalue weighted by atomic mass is 127. The molecule has 0 aromatic rings. The van der Waals surface area contributed by atoms with Crippen LogP contribution in [0.1, 0.15) is 51.9 Å². The molecule has 1 unspecified atom stereocenters. The first-order valence-electron chi connectivity index (χ1n) is 10.3. The molecule has 2 heterocycles. The Morgan fingerprint density at radius 3 is 2.65 bits per heavy atom. The van der Waals surface area contributed by atoms with Crippen LogP contribution < -0.4 is 10.6 Å². The molecule has 0 spiro atoms. The summed E-state index contributed by atoms with van der Waals surface area (Å²) in [6.07, 6.45) is 9.02. The van der Waals surface area contributed by atoms with Gasteiger partial charge < -0.3 is 25.0 Å². The third-order valence-electron chi connectivity index (χ3n) is 4.80. The van der Waals surface area contributed by atoms with Crippen LogP contribution >= 0.6 is 24.0 Å². The number of likely N-dealkylation sites (tertiary alicyclic amines) is 1. The van der Waals surface area contributed by atoms with Gasteiger partial charge in [0.25, 0.3) is 0 Å². The summed E-state index contributed by atoms with van der Waals surface area (Å²) in [6, 6.07) is 0. The highest BCUT2D eigenvalue weighted by Gasteiger charge is 2.15. The second-order valence-electron chi connectivity index (χ2n) is 7.01. The van der Waals surface area contributed by atoms with E-state index in [9.17, 15) is 0 Å². The fraction of sp³-hybridized carbons (Fsp3) is 0.947. The number of hydrogen-bond donors (Lipinski definition) is 2. The van der Waals surface area contributed by atoms with Gasteiger partial charge in [0.1, 0.15) is 0 Å². The summed E-state index contributed by atoms with van der Waals surface area (Å²) in [5.41, 5.74) is 0. The first-order chi connectivity index (χ1) is 12.4. The van der Waals surface area contributed by atoms with E-state index in [1.54, 1.807) is 0 Å². The standard InChI is InChI=1S/C19H38N4O2.HI/c1-2-20-19(22-11-8-15-25-18-9-16-24-17-18)21-10-7-14-23-12-5-3-4-6-13-23;/h18H,2-17H2,1H3,(H2,20,21,22);1H. The highest BCUT2D eigenvalue weighted by molar-refractivity contribution is 14.0. The minimum absolute atomic E-state index is 0. The Kier molecular flexibility index (Phi) is 14.6. The van der Waals surface area contributed by atoms with Crippen molar-refractivity contribution >= 4 is 29.9 Å². The van der Waals surface area contributed by atoms with Crippen molar-refractivity contribution in [3.8, 4) is 0 Å². The molecule has 2 aliphatic heterocycles. The van der Waals surface area contributed by atoms with Crippen LogP contribution in [-0.4, -0.2) is 76.1 Å². The lowest BCUT2D eigenvalue weighted by molar-refractivity contribution is 0.0424. The monoisotopic (exact) mass is 482 g/mol. The van der Waals surface area contributed by atoms with Gasteiger partial charge in [-0.15, -0.1) is 24.0 Å². The summed E-state index contributed by atoms with van der Waals surface area (Å²) >= 11 is 0. The topological polar surface area (TPSA) is 58.1 Å². The molecular weight excluding hydrogens is 443 g/mol. The number of halogens is 1. The van der Waals surface area contributed by atoms with Gasteiger partial charge in [0.2, 0.25) is 0 Å². The quantitative estimate of drug-likeness (QED) is 0.217. The molecule has 0 bridgehead atoms. The molecule has 2 N–H and O–H groups in total. The summed E-state index contributed by atoms with van der Waals surface area (Å²) in [7, 11) is 0. The predicted molar refractivity (Wildman–Crippen MR) is 119 cm³/mol. The van der Waals surface area contributed by atoms with Crippen molar-refractivity contribution in [2.24, 2.45) is 4.99 Å². The lowest BCUT2D eigenvalue weighted by atomic mass is 10.2. The number of hydrogen-bond acceptors (Lipinski definition) is 4. The van der Waals surface area contributed by atoms with Crippen molar-refractivity contribution in [3.05, 3.63) is 0 Å². The fourth-order valence-corrected chi connectivity index (χ4v) is 3.36. The van der Waals surface area contributed by atoms with Gasteiger partial charge in [-0.1, -0.05) is 12.8 Å². The van der Waals surface area contributed by atoms with Crippen LogP contribution in [0.15, 0.2) is 4.99 Å². The minimum Gasteiger partial charge on any atom is -0.379 e. The molecule has 2 fully saturated rings. The number of nitrogens with zero attached hydrogens (tertiary/aromatic N) is 2. The van der Waals surface area contributed by atoms with Crippen molar-refractivity contribution in [2.75, 3.05) is 59.1 Å². The van der Waals surface area contributed by atoms with Crippen LogP contribution in [0.5, 0.6) is 0 Å². The molecule has 0 aromatic carbocycles. The lowest BCUT2D eigenvalue weighted by Gasteiger charge is -2.20. The highest BCUT2D eigenvalue weighted by Crippen LogP contribution is 2.09. The molecule has 2 aliphatic rings. The van der Waals surface area contributed by atoms with E-state index in [0.717, 1.165) is 58.3 Å². The summed E-state index contributed by atoms with van der Waals surface area (Å²) in [5.74, 6) is 0.933. The van der Waals surface area contributed by atoms with E-state index < -0.39 is 0 Å². The van der Waals surface area contributed by atoms with E-state index in [1.165, 1.54) is 51.7 Å². The van der Waals surface area contributed by atoms with E-state index >= 15 is 0 Å². The summed E-state index contributed by atoms with van der Waals surface area (Å²) in [5, 5.41) is 6.79. The van der Waals surface area contributed by atoms with Crippen LogP contribution in [0.25, 0.3) is 0 Å². The SMILES string of the molecule is CCNC(=NCCCOC1CCOC1)NCCCN1CCCCCC1.I. The number of rotatable bonds is 10. The second kappa shape index (κ2) is 15.9. The maximum absolute atomic E-state index is 5.78. The summed E-state index contributed by atoms with van der Waals surface area (Å²) in [4.78, 5) is 7.26. The Morgan fingerprint density at radius 1 is 1.15 bits per heavy atom. The van der Waals surface area contributed by atoms with E-state index in [2.05, 4.69) is 27.4 Å². The van der Waals surface area contributed by atoms with Crippen LogP contribution in [0.4, 0.5) is 0 Å². The van der Waals surface area contributed by atoms with Crippen LogP contribution in [0, 0.1) is 0 Å². The van der Waals surface area contributed by atoms with E-state index in [4.69, 9.17) is 9.47 Å². The molecule has 0 saturated carbocycles. The van der Waals surface area contributed by atoms with Gasteiger partial charge in [0.05, 0.1) is 12.7 Å². The smallest absolute Gasteiger partial charge is 0.191 e. The molecule has 0 aliphatic carbocycles. The summed E-state index contributed by atoms with van der Waals surface area (Å²) < 4.78 is 11.1. The lowest BCUT2D eigenvalue weighted by Crippen LogP contribution is -2.39. The molecule has 1 atom stereocenters. The van der Waals surface area contributed by atoms with Crippen molar-refractivity contribution in [1.82, 2.24) is 15.5 Å². The first-order valence-corrected chi connectivity index (χ1v) is 10.3. The van der Waals surface area contributed by atoms with Gasteiger partial charge in [-0.2, -0.15) is 0 Å². The number of ether oxygens (including phenoxy) is 2. The minimum atomic E-state index is 0. The molecule has 7 heteroatoms. The van der Waals surface area contributed by atoms with Crippen molar-refractivity contribution in [3.63, 3.8) is 0 Å². The van der Waals surface area contributed by atoms with Gasteiger partial charge in [0.15, 0.2) is 5.96 Å². The van der Waals surface area contributed by atoms with Crippen molar-refractivity contribution < 1.29 is 9.47 Å². The normalized spacial score (nSPS) is 21.9. The zero-order valence-corrected chi connectivity index (χ0v) is 18.8. The zero-order valence-electron chi connectivity index (χ0n) is 16.5. The molecule has 0 radical (unpaired) electrons.